The van der Waals surface area contributed by atoms with E-state index in [-0.39, 0.29) is 0 Å². The first kappa shape index (κ1) is 13.0. The molecule has 0 bridgehead atoms. The number of hydrogen-bond donors (Lipinski definition) is 2. The maximum atomic E-state index is 5.73. The summed E-state index contributed by atoms with van der Waals surface area (Å²) >= 11 is 2.32. The fourth-order valence-electron chi connectivity index (χ4n) is 2.21. The van der Waals surface area contributed by atoms with Crippen molar-refractivity contribution in [1.82, 2.24) is 4.90 Å². The lowest BCUT2D eigenvalue weighted by atomic mass is 10.1. The molecule has 3 N–H and O–H groups in total. The average molecular weight is 345 g/mol. The average Bonchev–Trinajstić information content (AvgIpc) is 2.33. The van der Waals surface area contributed by atoms with Crippen LogP contribution in [-0.2, 0) is 0 Å². The van der Waals surface area contributed by atoms with Crippen molar-refractivity contribution in [2.45, 2.75) is 19.3 Å². The molecule has 1 aromatic rings. The number of nitrogens with zero attached hydrogens (tertiary/aromatic N) is 1. The SMILES string of the molecule is Nc1ccc(NCCN2CCCCC2)c(I)c1. The molecule has 1 aliphatic rings. The molecule has 0 saturated carbocycles. The number of nitrogens with one attached hydrogen (secondary N) is 1. The Bertz CT molecular complexity index is 362. The van der Waals surface area contributed by atoms with Crippen LogP contribution in [0.4, 0.5) is 11.4 Å². The Hall–Kier alpha value is -0.490. The zero-order valence-corrected chi connectivity index (χ0v) is 12.2. The fraction of sp³-hybridized carbons (Fsp3) is 0.538. The number of nitrogens with two attached hydrogens (primary N) is 1. The second-order valence-corrected chi connectivity index (χ2v) is 5.73. The molecule has 2 rings (SSSR count). The number of anilines is 2. The smallest absolute Gasteiger partial charge is 0.0477 e. The quantitative estimate of drug-likeness (QED) is 0.651. The first-order valence-electron chi connectivity index (χ1n) is 6.27. The number of likely N-dealkylation sites (tertiary alicyclic amines) is 1. The topological polar surface area (TPSA) is 41.3 Å². The molecule has 4 heteroatoms. The number of nitrogen functional groups attached to an aromatic ring is 1. The molecule has 1 aromatic carbocycles. The summed E-state index contributed by atoms with van der Waals surface area (Å²) in [4.78, 5) is 2.54. The van der Waals surface area contributed by atoms with Crippen molar-refractivity contribution in [3.8, 4) is 0 Å². The summed E-state index contributed by atoms with van der Waals surface area (Å²) in [5.41, 5.74) is 7.75. The van der Waals surface area contributed by atoms with Gasteiger partial charge < -0.3 is 16.0 Å². The highest BCUT2D eigenvalue weighted by Crippen LogP contribution is 2.20. The molecule has 0 unspecified atom stereocenters. The highest BCUT2D eigenvalue weighted by Gasteiger charge is 2.09. The normalized spacial score (nSPS) is 17.0. The van der Waals surface area contributed by atoms with E-state index >= 15 is 0 Å². The van der Waals surface area contributed by atoms with E-state index in [1.54, 1.807) is 0 Å². The van der Waals surface area contributed by atoms with Gasteiger partial charge in [-0.2, -0.15) is 0 Å². The van der Waals surface area contributed by atoms with Crippen molar-refractivity contribution in [1.29, 1.82) is 0 Å². The van der Waals surface area contributed by atoms with Crippen molar-refractivity contribution in [3.63, 3.8) is 0 Å². The van der Waals surface area contributed by atoms with Gasteiger partial charge in [0.1, 0.15) is 0 Å². The standard InChI is InChI=1S/C13H20IN3/c14-12-10-11(15)4-5-13(12)16-6-9-17-7-2-1-3-8-17/h4-5,10,16H,1-3,6-9,15H2. The molecule has 0 amide bonds. The Morgan fingerprint density at radius 2 is 2.00 bits per heavy atom. The van der Waals surface area contributed by atoms with Crippen LogP contribution in [0.25, 0.3) is 0 Å². The number of piperidine rings is 1. The largest absolute Gasteiger partial charge is 0.399 e. The monoisotopic (exact) mass is 345 g/mol. The third kappa shape index (κ3) is 4.03. The first-order chi connectivity index (χ1) is 8.25. The van der Waals surface area contributed by atoms with Crippen molar-refractivity contribution < 1.29 is 0 Å². The number of rotatable bonds is 4. The molecule has 3 nitrogen and oxygen atoms in total. The van der Waals surface area contributed by atoms with Crippen LogP contribution < -0.4 is 11.1 Å². The van der Waals surface area contributed by atoms with E-state index < -0.39 is 0 Å². The van der Waals surface area contributed by atoms with Crippen LogP contribution in [0.1, 0.15) is 19.3 Å². The van der Waals surface area contributed by atoms with Gasteiger partial charge in [-0.3, -0.25) is 0 Å². The van der Waals surface area contributed by atoms with Gasteiger partial charge in [-0.15, -0.1) is 0 Å². The Kier molecular flexibility index (Phi) is 4.91. The van der Waals surface area contributed by atoms with Crippen LogP contribution in [0.3, 0.4) is 0 Å². The van der Waals surface area contributed by atoms with Crippen molar-refractivity contribution >= 4 is 34.0 Å². The van der Waals surface area contributed by atoms with E-state index in [9.17, 15) is 0 Å². The predicted molar refractivity (Wildman–Crippen MR) is 82.4 cm³/mol. The van der Waals surface area contributed by atoms with Gasteiger partial charge in [0, 0.05) is 28.0 Å². The Morgan fingerprint density at radius 3 is 2.71 bits per heavy atom. The summed E-state index contributed by atoms with van der Waals surface area (Å²) in [5, 5.41) is 3.48. The van der Waals surface area contributed by atoms with Gasteiger partial charge in [0.05, 0.1) is 0 Å². The van der Waals surface area contributed by atoms with Gasteiger partial charge in [-0.1, -0.05) is 6.42 Å². The highest BCUT2D eigenvalue weighted by molar-refractivity contribution is 14.1. The molecular formula is C13H20IN3. The Labute approximate surface area is 117 Å². The fourth-order valence-corrected chi connectivity index (χ4v) is 2.94. The van der Waals surface area contributed by atoms with Crippen LogP contribution in [-0.4, -0.2) is 31.1 Å². The van der Waals surface area contributed by atoms with Gasteiger partial charge in [0.15, 0.2) is 0 Å². The van der Waals surface area contributed by atoms with Gasteiger partial charge in [-0.25, -0.2) is 0 Å². The lowest BCUT2D eigenvalue weighted by Crippen LogP contribution is -2.33. The van der Waals surface area contributed by atoms with E-state index in [1.165, 1.54) is 41.6 Å². The first-order valence-corrected chi connectivity index (χ1v) is 7.35. The molecular weight excluding hydrogens is 325 g/mol. The molecule has 0 spiro atoms. The zero-order valence-electron chi connectivity index (χ0n) is 10.1. The van der Waals surface area contributed by atoms with Crippen LogP contribution in [0.5, 0.6) is 0 Å². The summed E-state index contributed by atoms with van der Waals surface area (Å²) in [6, 6.07) is 6.02. The summed E-state index contributed by atoms with van der Waals surface area (Å²) in [5.74, 6) is 0. The Morgan fingerprint density at radius 1 is 1.24 bits per heavy atom. The second kappa shape index (κ2) is 6.44. The predicted octanol–water partition coefficient (Wildman–Crippen LogP) is 2.77. The molecule has 0 aliphatic carbocycles. The van der Waals surface area contributed by atoms with Crippen molar-refractivity contribution in [2.75, 3.05) is 37.2 Å². The third-order valence-electron chi connectivity index (χ3n) is 3.19. The molecule has 1 fully saturated rings. The highest BCUT2D eigenvalue weighted by atomic mass is 127. The molecule has 1 aliphatic heterocycles. The van der Waals surface area contributed by atoms with Crippen LogP contribution in [0.15, 0.2) is 18.2 Å². The molecule has 1 saturated heterocycles. The van der Waals surface area contributed by atoms with Gasteiger partial charge >= 0.3 is 0 Å². The molecule has 17 heavy (non-hydrogen) atoms. The molecule has 94 valence electrons. The summed E-state index contributed by atoms with van der Waals surface area (Å²) in [6.45, 7) is 4.68. The maximum Gasteiger partial charge on any atom is 0.0477 e. The lowest BCUT2D eigenvalue weighted by molar-refractivity contribution is 0.237. The number of benzene rings is 1. The van der Waals surface area contributed by atoms with Gasteiger partial charge in [0.25, 0.3) is 0 Å². The van der Waals surface area contributed by atoms with E-state index in [0.29, 0.717) is 0 Å². The molecule has 0 atom stereocenters. The van der Waals surface area contributed by atoms with E-state index in [2.05, 4.69) is 38.9 Å². The van der Waals surface area contributed by atoms with E-state index in [4.69, 9.17) is 5.73 Å². The van der Waals surface area contributed by atoms with Gasteiger partial charge in [0.2, 0.25) is 0 Å². The molecule has 1 heterocycles. The Balaban J connectivity index is 1.77. The molecule has 0 aromatic heterocycles. The van der Waals surface area contributed by atoms with Crippen molar-refractivity contribution in [3.05, 3.63) is 21.8 Å². The van der Waals surface area contributed by atoms with Gasteiger partial charge in [-0.05, 0) is 66.7 Å². The second-order valence-electron chi connectivity index (χ2n) is 4.57. The maximum absolute atomic E-state index is 5.73. The summed E-state index contributed by atoms with van der Waals surface area (Å²) in [6.07, 6.45) is 4.12. The number of hydrogen-bond acceptors (Lipinski definition) is 3. The van der Waals surface area contributed by atoms with Crippen molar-refractivity contribution in [2.24, 2.45) is 0 Å². The zero-order chi connectivity index (χ0) is 12.1. The minimum Gasteiger partial charge on any atom is -0.399 e. The third-order valence-corrected chi connectivity index (χ3v) is 4.08. The minimum atomic E-state index is 0.830. The van der Waals surface area contributed by atoms with E-state index in [1.807, 2.05) is 12.1 Å². The van der Waals surface area contributed by atoms with E-state index in [0.717, 1.165) is 18.8 Å². The van der Waals surface area contributed by atoms with Crippen LogP contribution >= 0.6 is 22.6 Å². The van der Waals surface area contributed by atoms with Crippen LogP contribution in [0.2, 0.25) is 0 Å². The molecule has 0 radical (unpaired) electrons. The van der Waals surface area contributed by atoms with Crippen LogP contribution in [0, 0.1) is 3.57 Å². The summed E-state index contributed by atoms with van der Waals surface area (Å²) < 4.78 is 1.20. The number of halogens is 1. The summed E-state index contributed by atoms with van der Waals surface area (Å²) in [7, 11) is 0. The lowest BCUT2D eigenvalue weighted by Gasteiger charge is -2.26. The minimum absolute atomic E-state index is 0.830.